The first-order valence-corrected chi connectivity index (χ1v) is 7.98. The van der Waals surface area contributed by atoms with Crippen LogP contribution in [-0.4, -0.2) is 23.7 Å². The molecule has 0 atom stereocenters. The zero-order chi connectivity index (χ0) is 15.6. The van der Waals surface area contributed by atoms with Crippen molar-refractivity contribution < 1.29 is 22.4 Å². The van der Waals surface area contributed by atoms with Gasteiger partial charge in [-0.15, -0.1) is 0 Å². The molecule has 1 aromatic heterocycles. The van der Waals surface area contributed by atoms with E-state index in [1.165, 1.54) is 6.07 Å². The van der Waals surface area contributed by atoms with Gasteiger partial charge in [0, 0.05) is 17.0 Å². The number of halogens is 2. The Morgan fingerprint density at radius 3 is 2.76 bits per heavy atom. The lowest BCUT2D eigenvalue weighted by atomic mass is 10.2. The lowest BCUT2D eigenvalue weighted by molar-refractivity contribution is 0.274. The Bertz CT molecular complexity index is 763. The Morgan fingerprint density at radius 2 is 2.19 bits per heavy atom. The van der Waals surface area contributed by atoms with Gasteiger partial charge in [-0.3, -0.25) is 0 Å². The summed E-state index contributed by atoms with van der Waals surface area (Å²) in [4.78, 5) is 3.27. The second-order valence-electron chi connectivity index (χ2n) is 4.09. The highest BCUT2D eigenvalue weighted by Gasteiger charge is 2.22. The smallest absolute Gasteiger partial charge is 0.243 e. The molecule has 21 heavy (non-hydrogen) atoms. The van der Waals surface area contributed by atoms with E-state index in [0.29, 0.717) is 10.4 Å². The molecule has 0 aliphatic rings. The van der Waals surface area contributed by atoms with Crippen LogP contribution in [0, 0.1) is 12.7 Å². The number of benzene rings is 1. The highest BCUT2D eigenvalue weighted by atomic mass is 79.9. The highest BCUT2D eigenvalue weighted by molar-refractivity contribution is 9.10. The first kappa shape index (κ1) is 16.0. The number of hydrogen-bond donors (Lipinski definition) is 2. The number of aliphatic hydroxyl groups excluding tert-OH is 1. The average molecular weight is 380 g/mol. The monoisotopic (exact) mass is 379 g/mol. The molecule has 0 fully saturated rings. The molecular formula is C11H11BrFN3O4S. The van der Waals surface area contributed by atoms with Crippen LogP contribution in [0.2, 0.25) is 0 Å². The van der Waals surface area contributed by atoms with Crippen LogP contribution in [0.3, 0.4) is 0 Å². The van der Waals surface area contributed by atoms with Gasteiger partial charge >= 0.3 is 0 Å². The lowest BCUT2D eigenvalue weighted by Crippen LogP contribution is -2.25. The second kappa shape index (κ2) is 6.18. The van der Waals surface area contributed by atoms with Gasteiger partial charge < -0.3 is 9.63 Å². The maximum absolute atomic E-state index is 14.0. The van der Waals surface area contributed by atoms with Gasteiger partial charge in [0.05, 0.1) is 13.2 Å². The van der Waals surface area contributed by atoms with E-state index in [1.54, 1.807) is 6.92 Å². The quantitative estimate of drug-likeness (QED) is 0.809. The third-order valence-electron chi connectivity index (χ3n) is 2.53. The van der Waals surface area contributed by atoms with Crippen LogP contribution in [0.5, 0.6) is 0 Å². The van der Waals surface area contributed by atoms with Crippen molar-refractivity contribution in [3.63, 3.8) is 0 Å². The predicted molar refractivity (Wildman–Crippen MR) is 73.1 cm³/mol. The summed E-state index contributed by atoms with van der Waals surface area (Å²) in [5.74, 6) is -0.577. The normalized spacial score (nSPS) is 11.8. The van der Waals surface area contributed by atoms with E-state index in [4.69, 9.17) is 9.63 Å². The second-order valence-corrected chi connectivity index (χ2v) is 6.74. The topological polar surface area (TPSA) is 105 Å². The molecule has 1 heterocycles. The van der Waals surface area contributed by atoms with E-state index in [1.807, 2.05) is 0 Å². The summed E-state index contributed by atoms with van der Waals surface area (Å²) in [7, 11) is -4.12. The Labute approximate surface area is 128 Å². The molecule has 2 aromatic rings. The summed E-state index contributed by atoms with van der Waals surface area (Å²) < 4.78 is 45.5. The molecule has 0 amide bonds. The molecule has 0 saturated carbocycles. The van der Waals surface area contributed by atoms with Crippen molar-refractivity contribution in [2.24, 2.45) is 0 Å². The van der Waals surface area contributed by atoms with Crippen LogP contribution in [-0.2, 0) is 23.2 Å². The molecule has 7 nitrogen and oxygen atoms in total. The largest absolute Gasteiger partial charge is 0.392 e. The summed E-state index contributed by atoms with van der Waals surface area (Å²) in [6, 6.07) is 2.41. The van der Waals surface area contributed by atoms with Crippen LogP contribution in [0.25, 0.3) is 0 Å². The molecule has 2 N–H and O–H groups in total. The number of hydrogen-bond acceptors (Lipinski definition) is 6. The van der Waals surface area contributed by atoms with Gasteiger partial charge in [0.1, 0.15) is 10.7 Å². The number of aryl methyl sites for hydroxylation is 1. The average Bonchev–Trinajstić information content (AvgIpc) is 2.84. The van der Waals surface area contributed by atoms with E-state index in [9.17, 15) is 12.8 Å². The number of rotatable bonds is 5. The summed E-state index contributed by atoms with van der Waals surface area (Å²) in [6.07, 6.45) is 0. The molecular weight excluding hydrogens is 369 g/mol. The number of aliphatic hydroxyl groups is 1. The fraction of sp³-hybridized carbons (Fsp3) is 0.273. The minimum absolute atomic E-state index is 0.125. The third-order valence-corrected chi connectivity index (χ3v) is 4.39. The van der Waals surface area contributed by atoms with Crippen LogP contribution in [0.4, 0.5) is 4.39 Å². The molecule has 114 valence electrons. The SMILES string of the molecule is Cc1nc(CNS(=O)(=O)c2cc(Br)cc(CO)c2F)no1. The standard InChI is InChI=1S/C11H11BrFN3O4S/c1-6-15-10(16-20-6)4-14-21(18,19)9-3-8(12)2-7(5-17)11(9)13/h2-3,14,17H,4-5H2,1H3. The maximum atomic E-state index is 14.0. The number of aromatic nitrogens is 2. The first-order chi connectivity index (χ1) is 9.83. The molecule has 0 aliphatic heterocycles. The van der Waals surface area contributed by atoms with Crippen molar-refractivity contribution in [3.8, 4) is 0 Å². The van der Waals surface area contributed by atoms with Crippen molar-refractivity contribution >= 4 is 26.0 Å². The zero-order valence-electron chi connectivity index (χ0n) is 10.8. The highest BCUT2D eigenvalue weighted by Crippen LogP contribution is 2.24. The van der Waals surface area contributed by atoms with Crippen LogP contribution < -0.4 is 4.72 Å². The Hall–Kier alpha value is -1.36. The number of nitrogens with one attached hydrogen (secondary N) is 1. The van der Waals surface area contributed by atoms with E-state index >= 15 is 0 Å². The lowest BCUT2D eigenvalue weighted by Gasteiger charge is -2.09. The summed E-state index contributed by atoms with van der Waals surface area (Å²) in [6.45, 7) is 0.713. The molecule has 0 bridgehead atoms. The minimum Gasteiger partial charge on any atom is -0.392 e. The molecule has 1 aromatic carbocycles. The van der Waals surface area contributed by atoms with Crippen molar-refractivity contribution in [3.05, 3.63) is 39.7 Å². The van der Waals surface area contributed by atoms with Gasteiger partial charge in [-0.25, -0.2) is 17.5 Å². The van der Waals surface area contributed by atoms with Crippen LogP contribution >= 0.6 is 15.9 Å². The van der Waals surface area contributed by atoms with Gasteiger partial charge in [-0.05, 0) is 12.1 Å². The Kier molecular flexibility index (Phi) is 4.71. The van der Waals surface area contributed by atoms with E-state index in [-0.39, 0.29) is 17.9 Å². The van der Waals surface area contributed by atoms with Gasteiger partial charge in [0.15, 0.2) is 5.82 Å². The molecule has 0 spiro atoms. The van der Waals surface area contributed by atoms with Gasteiger partial charge in [-0.1, -0.05) is 21.1 Å². The molecule has 10 heteroatoms. The van der Waals surface area contributed by atoms with Crippen molar-refractivity contribution in [2.75, 3.05) is 0 Å². The summed E-state index contributed by atoms with van der Waals surface area (Å²) in [5.41, 5.74) is -0.125. The molecule has 0 aliphatic carbocycles. The minimum atomic E-state index is -4.12. The van der Waals surface area contributed by atoms with Gasteiger partial charge in [0.25, 0.3) is 0 Å². The maximum Gasteiger partial charge on any atom is 0.243 e. The van der Waals surface area contributed by atoms with Crippen molar-refractivity contribution in [1.82, 2.24) is 14.9 Å². The van der Waals surface area contributed by atoms with Crippen molar-refractivity contribution in [1.29, 1.82) is 0 Å². The first-order valence-electron chi connectivity index (χ1n) is 5.71. The molecule has 0 saturated heterocycles. The summed E-state index contributed by atoms with van der Waals surface area (Å²) >= 11 is 3.07. The summed E-state index contributed by atoms with van der Waals surface area (Å²) in [5, 5.41) is 12.6. The number of nitrogens with zero attached hydrogens (tertiary/aromatic N) is 2. The van der Waals surface area contributed by atoms with E-state index < -0.39 is 27.3 Å². The Morgan fingerprint density at radius 1 is 1.48 bits per heavy atom. The van der Waals surface area contributed by atoms with E-state index in [2.05, 4.69) is 30.8 Å². The van der Waals surface area contributed by atoms with Crippen LogP contribution in [0.1, 0.15) is 17.3 Å². The zero-order valence-corrected chi connectivity index (χ0v) is 13.2. The predicted octanol–water partition coefficient (Wildman–Crippen LogP) is 1.25. The fourth-order valence-electron chi connectivity index (χ4n) is 1.58. The molecule has 0 radical (unpaired) electrons. The third kappa shape index (κ3) is 3.64. The number of sulfonamides is 1. The van der Waals surface area contributed by atoms with E-state index in [0.717, 1.165) is 6.07 Å². The van der Waals surface area contributed by atoms with Gasteiger partial charge in [0.2, 0.25) is 15.9 Å². The molecule has 2 rings (SSSR count). The van der Waals surface area contributed by atoms with Crippen molar-refractivity contribution in [2.45, 2.75) is 25.0 Å². The van der Waals surface area contributed by atoms with Gasteiger partial charge in [-0.2, -0.15) is 4.98 Å². The fourth-order valence-corrected chi connectivity index (χ4v) is 3.36. The Balaban J connectivity index is 2.29. The molecule has 0 unspecified atom stereocenters. The van der Waals surface area contributed by atoms with Crippen LogP contribution in [0.15, 0.2) is 26.0 Å².